The fraction of sp³-hybridized carbons (Fsp3) is 0.364. The number of hydrogen-bond acceptors (Lipinski definition) is 3. The van der Waals surface area contributed by atoms with Gasteiger partial charge in [-0.05, 0) is 24.6 Å². The Morgan fingerprint density at radius 2 is 2.13 bits per heavy atom. The summed E-state index contributed by atoms with van der Waals surface area (Å²) in [6.45, 7) is 0.952. The summed E-state index contributed by atoms with van der Waals surface area (Å²) in [5.41, 5.74) is 13.2. The number of aliphatic imine (C=N–C) groups is 1. The van der Waals surface area contributed by atoms with Crippen molar-refractivity contribution in [2.45, 2.75) is 6.42 Å². The molecule has 0 aliphatic rings. The molecule has 0 atom stereocenters. The van der Waals surface area contributed by atoms with Crippen molar-refractivity contribution in [2.75, 3.05) is 20.3 Å². The van der Waals surface area contributed by atoms with Crippen molar-refractivity contribution in [1.82, 2.24) is 0 Å². The van der Waals surface area contributed by atoms with Crippen LogP contribution >= 0.6 is 0 Å². The molecule has 0 bridgehead atoms. The molecule has 0 unspecified atom stereocenters. The maximum atomic E-state index is 5.68. The van der Waals surface area contributed by atoms with Crippen molar-refractivity contribution in [2.24, 2.45) is 16.5 Å². The van der Waals surface area contributed by atoms with Crippen LogP contribution in [0.2, 0.25) is 0 Å². The highest BCUT2D eigenvalue weighted by Crippen LogP contribution is 2.18. The lowest BCUT2D eigenvalue weighted by atomic mass is 10.1. The highest BCUT2D eigenvalue weighted by Gasteiger charge is 2.00. The molecule has 0 heterocycles. The van der Waals surface area contributed by atoms with Gasteiger partial charge in [0, 0.05) is 7.11 Å². The van der Waals surface area contributed by atoms with E-state index >= 15 is 0 Å². The maximum absolute atomic E-state index is 5.68. The largest absolute Gasteiger partial charge is 0.385 e. The number of rotatable bonds is 5. The highest BCUT2D eigenvalue weighted by atomic mass is 16.5. The Morgan fingerprint density at radius 3 is 2.80 bits per heavy atom. The van der Waals surface area contributed by atoms with Crippen molar-refractivity contribution < 1.29 is 4.74 Å². The Bertz CT molecular complexity index is 336. The number of amidine groups is 1. The summed E-state index contributed by atoms with van der Waals surface area (Å²) in [7, 11) is 1.59. The van der Waals surface area contributed by atoms with E-state index in [1.165, 1.54) is 0 Å². The van der Waals surface area contributed by atoms with E-state index in [4.69, 9.17) is 16.2 Å². The Hall–Kier alpha value is -1.39. The first-order valence-corrected chi connectivity index (χ1v) is 4.88. The van der Waals surface area contributed by atoms with Crippen molar-refractivity contribution in [3.05, 3.63) is 29.8 Å². The second-order valence-electron chi connectivity index (χ2n) is 3.20. The lowest BCUT2D eigenvalue weighted by Crippen LogP contribution is -2.17. The molecule has 1 rings (SSSR count). The summed E-state index contributed by atoms with van der Waals surface area (Å²) in [6, 6.07) is 7.83. The van der Waals surface area contributed by atoms with Gasteiger partial charge in [0.25, 0.3) is 0 Å². The first-order chi connectivity index (χ1) is 7.27. The van der Waals surface area contributed by atoms with Crippen LogP contribution in [-0.2, 0) is 11.2 Å². The molecule has 4 heteroatoms. The van der Waals surface area contributed by atoms with Gasteiger partial charge in [-0.25, -0.2) is 4.99 Å². The molecule has 0 saturated heterocycles. The minimum atomic E-state index is 0.344. The van der Waals surface area contributed by atoms with Gasteiger partial charge in [0.2, 0.25) is 0 Å². The zero-order valence-corrected chi connectivity index (χ0v) is 8.94. The van der Waals surface area contributed by atoms with Crippen LogP contribution in [0.25, 0.3) is 0 Å². The lowest BCUT2D eigenvalue weighted by Gasteiger charge is -2.05. The molecular formula is C11H17N3O. The molecule has 0 spiro atoms. The Kier molecular flexibility index (Phi) is 4.80. The van der Waals surface area contributed by atoms with Gasteiger partial charge in [-0.15, -0.1) is 0 Å². The zero-order valence-electron chi connectivity index (χ0n) is 8.94. The quantitative estimate of drug-likeness (QED) is 0.554. The number of nitrogens with two attached hydrogens (primary N) is 2. The molecule has 0 fully saturated rings. The number of benzene rings is 1. The van der Waals surface area contributed by atoms with Crippen LogP contribution in [0, 0.1) is 0 Å². The molecule has 1 aromatic carbocycles. The number of methoxy groups -OCH3 is 1. The fourth-order valence-corrected chi connectivity index (χ4v) is 1.32. The topological polar surface area (TPSA) is 73.6 Å². The average molecular weight is 207 g/mol. The molecule has 0 aliphatic heterocycles. The second-order valence-corrected chi connectivity index (χ2v) is 3.20. The minimum absolute atomic E-state index is 0.344. The van der Waals surface area contributed by atoms with Gasteiger partial charge in [0.05, 0.1) is 5.69 Å². The van der Waals surface area contributed by atoms with Crippen molar-refractivity contribution in [3.8, 4) is 0 Å². The second kappa shape index (κ2) is 6.16. The molecule has 0 radical (unpaired) electrons. The van der Waals surface area contributed by atoms with Gasteiger partial charge < -0.3 is 16.2 Å². The van der Waals surface area contributed by atoms with Gasteiger partial charge >= 0.3 is 0 Å². The van der Waals surface area contributed by atoms with Crippen LogP contribution in [0.3, 0.4) is 0 Å². The van der Waals surface area contributed by atoms with Crippen LogP contribution in [0.4, 0.5) is 5.69 Å². The summed E-state index contributed by atoms with van der Waals surface area (Å²) in [4.78, 5) is 4.28. The van der Waals surface area contributed by atoms with Crippen molar-refractivity contribution >= 4 is 11.5 Å². The Labute approximate surface area is 89.9 Å². The zero-order chi connectivity index (χ0) is 11.1. The van der Waals surface area contributed by atoms with Crippen LogP contribution in [0.1, 0.15) is 5.56 Å². The van der Waals surface area contributed by atoms with E-state index in [1.54, 1.807) is 7.11 Å². The third kappa shape index (κ3) is 3.69. The maximum Gasteiger partial charge on any atom is 0.126 e. The predicted octanol–water partition coefficient (Wildman–Crippen LogP) is 0.823. The Balaban J connectivity index is 2.87. The Morgan fingerprint density at radius 1 is 1.40 bits per heavy atom. The van der Waals surface area contributed by atoms with E-state index in [0.717, 1.165) is 17.7 Å². The van der Waals surface area contributed by atoms with Crippen LogP contribution < -0.4 is 11.5 Å². The van der Waals surface area contributed by atoms with Gasteiger partial charge in [-0.1, -0.05) is 18.2 Å². The molecule has 0 aliphatic carbocycles. The standard InChI is InChI=1S/C11H17N3O/c1-15-8-11(13)14-10-5-3-2-4-9(10)6-7-12/h2-5H,6-8,12H2,1H3,(H2,13,14). The normalized spacial score (nSPS) is 11.7. The summed E-state index contributed by atoms with van der Waals surface area (Å²) in [6.07, 6.45) is 0.805. The number of nitrogens with zero attached hydrogens (tertiary/aromatic N) is 1. The summed E-state index contributed by atoms with van der Waals surface area (Å²) in [5.74, 6) is 0.474. The van der Waals surface area contributed by atoms with Crippen molar-refractivity contribution in [1.29, 1.82) is 0 Å². The van der Waals surface area contributed by atoms with Crippen LogP contribution in [-0.4, -0.2) is 26.1 Å². The summed E-state index contributed by atoms with van der Waals surface area (Å²) >= 11 is 0. The summed E-state index contributed by atoms with van der Waals surface area (Å²) in [5, 5.41) is 0. The van der Waals surface area contributed by atoms with E-state index < -0.39 is 0 Å². The van der Waals surface area contributed by atoms with E-state index in [-0.39, 0.29) is 0 Å². The van der Waals surface area contributed by atoms with Gasteiger partial charge in [0.15, 0.2) is 0 Å². The number of para-hydroxylation sites is 1. The summed E-state index contributed by atoms with van der Waals surface area (Å²) < 4.78 is 4.90. The number of hydrogen-bond donors (Lipinski definition) is 2. The minimum Gasteiger partial charge on any atom is -0.385 e. The monoisotopic (exact) mass is 207 g/mol. The molecule has 4 N–H and O–H groups in total. The molecule has 0 aromatic heterocycles. The third-order valence-corrected chi connectivity index (χ3v) is 1.96. The first-order valence-electron chi connectivity index (χ1n) is 4.88. The molecule has 0 saturated carbocycles. The first kappa shape index (κ1) is 11.7. The molecule has 4 nitrogen and oxygen atoms in total. The molecular weight excluding hydrogens is 190 g/mol. The SMILES string of the molecule is COCC(N)=Nc1ccccc1CCN. The smallest absolute Gasteiger partial charge is 0.126 e. The van der Waals surface area contributed by atoms with Gasteiger partial charge in [-0.2, -0.15) is 0 Å². The van der Waals surface area contributed by atoms with E-state index in [9.17, 15) is 0 Å². The van der Waals surface area contributed by atoms with E-state index in [2.05, 4.69) is 4.99 Å². The van der Waals surface area contributed by atoms with Crippen molar-refractivity contribution in [3.63, 3.8) is 0 Å². The van der Waals surface area contributed by atoms with Gasteiger partial charge in [-0.3, -0.25) is 0 Å². The molecule has 15 heavy (non-hydrogen) atoms. The average Bonchev–Trinajstić information content (AvgIpc) is 2.21. The predicted molar refractivity (Wildman–Crippen MR) is 62.4 cm³/mol. The van der Waals surface area contributed by atoms with E-state index in [0.29, 0.717) is 19.0 Å². The van der Waals surface area contributed by atoms with Crippen LogP contribution in [0.15, 0.2) is 29.3 Å². The molecule has 0 amide bonds. The highest BCUT2D eigenvalue weighted by molar-refractivity contribution is 5.84. The molecule has 82 valence electrons. The van der Waals surface area contributed by atoms with Crippen LogP contribution in [0.5, 0.6) is 0 Å². The van der Waals surface area contributed by atoms with Gasteiger partial charge in [0.1, 0.15) is 12.4 Å². The fourth-order valence-electron chi connectivity index (χ4n) is 1.32. The van der Waals surface area contributed by atoms with E-state index in [1.807, 2.05) is 24.3 Å². The lowest BCUT2D eigenvalue weighted by molar-refractivity contribution is 0.244. The third-order valence-electron chi connectivity index (χ3n) is 1.96. The number of ether oxygens (including phenoxy) is 1. The molecule has 1 aromatic rings.